The van der Waals surface area contributed by atoms with Crippen molar-refractivity contribution in [2.24, 2.45) is 0 Å². The predicted octanol–water partition coefficient (Wildman–Crippen LogP) is 0.589. The van der Waals surface area contributed by atoms with Gasteiger partial charge in [0.15, 0.2) is 0 Å². The number of β-amino-alcohol motifs (C(OH)–C–C–N with tert-alkyl or cyclic N) is 1. The molecular formula is C13H19N3O2. The Bertz CT molecular complexity index is 471. The van der Waals surface area contributed by atoms with Gasteiger partial charge in [0, 0.05) is 25.8 Å². The predicted molar refractivity (Wildman–Crippen MR) is 71.7 cm³/mol. The Balaban J connectivity index is 2.37. The van der Waals surface area contributed by atoms with E-state index in [0.717, 1.165) is 12.2 Å². The monoisotopic (exact) mass is 249 g/mol. The molecule has 5 nitrogen and oxygen atoms in total. The van der Waals surface area contributed by atoms with Crippen LogP contribution in [0.2, 0.25) is 0 Å². The van der Waals surface area contributed by atoms with E-state index in [4.69, 9.17) is 5.73 Å². The average Bonchev–Trinajstić information content (AvgIpc) is 2.68. The molecule has 2 rings (SSSR count). The molecule has 18 heavy (non-hydrogen) atoms. The fourth-order valence-electron chi connectivity index (χ4n) is 2.29. The fourth-order valence-corrected chi connectivity index (χ4v) is 2.29. The number of amides is 1. The lowest BCUT2D eigenvalue weighted by atomic mass is 10.1. The molecule has 0 radical (unpaired) electrons. The van der Waals surface area contributed by atoms with Crippen LogP contribution in [0.25, 0.3) is 0 Å². The summed E-state index contributed by atoms with van der Waals surface area (Å²) in [7, 11) is 1.60. The molecule has 0 aromatic heterocycles. The molecule has 0 saturated carbocycles. The zero-order chi connectivity index (χ0) is 13.3. The number of nitrogens with two attached hydrogens (primary N) is 1. The van der Waals surface area contributed by atoms with E-state index in [1.807, 2.05) is 4.90 Å². The highest BCUT2D eigenvalue weighted by atomic mass is 16.3. The zero-order valence-corrected chi connectivity index (χ0v) is 10.7. The second-order valence-corrected chi connectivity index (χ2v) is 5.02. The number of benzene rings is 1. The number of nitrogens with one attached hydrogen (secondary N) is 1. The maximum Gasteiger partial charge on any atom is 0.253 e. The molecule has 1 atom stereocenters. The highest BCUT2D eigenvalue weighted by Crippen LogP contribution is 2.30. The molecule has 1 amide bonds. The van der Waals surface area contributed by atoms with Gasteiger partial charge in [0.05, 0.1) is 16.9 Å². The average molecular weight is 249 g/mol. The minimum atomic E-state index is -0.704. The highest BCUT2D eigenvalue weighted by molar-refractivity contribution is 6.00. The Morgan fingerprint density at radius 1 is 1.56 bits per heavy atom. The van der Waals surface area contributed by atoms with Crippen molar-refractivity contribution in [1.82, 2.24) is 5.32 Å². The number of anilines is 2. The summed E-state index contributed by atoms with van der Waals surface area (Å²) in [6.45, 7) is 3.04. The molecule has 1 unspecified atom stereocenters. The van der Waals surface area contributed by atoms with Gasteiger partial charge in [-0.05, 0) is 31.5 Å². The molecule has 0 aliphatic carbocycles. The van der Waals surface area contributed by atoms with E-state index in [0.29, 0.717) is 24.2 Å². The standard InChI is InChI=1S/C13H19N3O2/c1-13(18)5-6-16(8-13)11-7-9(14)3-4-10(11)12(17)15-2/h3-4,7,18H,5-6,8,14H2,1-2H3,(H,15,17). The van der Waals surface area contributed by atoms with Crippen LogP contribution in [0.15, 0.2) is 18.2 Å². The zero-order valence-electron chi connectivity index (χ0n) is 10.7. The Labute approximate surface area is 107 Å². The normalized spacial score (nSPS) is 23.2. The van der Waals surface area contributed by atoms with Crippen LogP contribution in [0.3, 0.4) is 0 Å². The molecular weight excluding hydrogens is 230 g/mol. The number of aliphatic hydroxyl groups is 1. The largest absolute Gasteiger partial charge is 0.399 e. The van der Waals surface area contributed by atoms with E-state index in [1.54, 1.807) is 32.2 Å². The van der Waals surface area contributed by atoms with Gasteiger partial charge in [-0.3, -0.25) is 4.79 Å². The fraction of sp³-hybridized carbons (Fsp3) is 0.462. The minimum absolute atomic E-state index is 0.142. The van der Waals surface area contributed by atoms with E-state index in [9.17, 15) is 9.90 Å². The first kappa shape index (κ1) is 12.7. The maximum absolute atomic E-state index is 11.8. The molecule has 1 saturated heterocycles. The molecule has 1 aromatic carbocycles. The van der Waals surface area contributed by atoms with Crippen LogP contribution in [0.5, 0.6) is 0 Å². The number of carbonyl (C=O) groups excluding carboxylic acids is 1. The molecule has 0 spiro atoms. The second kappa shape index (κ2) is 4.49. The van der Waals surface area contributed by atoms with Gasteiger partial charge in [0.1, 0.15) is 0 Å². The van der Waals surface area contributed by atoms with Crippen LogP contribution in [-0.4, -0.2) is 36.8 Å². The van der Waals surface area contributed by atoms with E-state index >= 15 is 0 Å². The van der Waals surface area contributed by atoms with Crippen LogP contribution in [0.4, 0.5) is 11.4 Å². The third-order valence-electron chi connectivity index (χ3n) is 3.29. The molecule has 1 aromatic rings. The minimum Gasteiger partial charge on any atom is -0.399 e. The Morgan fingerprint density at radius 3 is 2.83 bits per heavy atom. The van der Waals surface area contributed by atoms with E-state index in [2.05, 4.69) is 5.32 Å². The quantitative estimate of drug-likeness (QED) is 0.670. The van der Waals surface area contributed by atoms with Crippen molar-refractivity contribution < 1.29 is 9.90 Å². The molecule has 1 aliphatic rings. The Morgan fingerprint density at radius 2 is 2.28 bits per heavy atom. The third-order valence-corrected chi connectivity index (χ3v) is 3.29. The first-order chi connectivity index (χ1) is 8.43. The number of nitrogen functional groups attached to an aromatic ring is 1. The summed E-state index contributed by atoms with van der Waals surface area (Å²) in [6.07, 6.45) is 0.689. The van der Waals surface area contributed by atoms with Gasteiger partial charge in [-0.25, -0.2) is 0 Å². The summed E-state index contributed by atoms with van der Waals surface area (Å²) in [6, 6.07) is 5.21. The summed E-state index contributed by atoms with van der Waals surface area (Å²) in [4.78, 5) is 13.8. The third kappa shape index (κ3) is 2.41. The molecule has 4 N–H and O–H groups in total. The topological polar surface area (TPSA) is 78.6 Å². The van der Waals surface area contributed by atoms with Gasteiger partial charge in [0.2, 0.25) is 0 Å². The molecule has 1 aliphatic heterocycles. The van der Waals surface area contributed by atoms with Gasteiger partial charge in [-0.2, -0.15) is 0 Å². The van der Waals surface area contributed by atoms with Crippen molar-refractivity contribution in [3.63, 3.8) is 0 Å². The van der Waals surface area contributed by atoms with Crippen molar-refractivity contribution in [3.8, 4) is 0 Å². The van der Waals surface area contributed by atoms with Gasteiger partial charge in [-0.15, -0.1) is 0 Å². The Hall–Kier alpha value is -1.75. The summed E-state index contributed by atoms with van der Waals surface area (Å²) in [5, 5.41) is 12.6. The van der Waals surface area contributed by atoms with E-state index in [1.165, 1.54) is 0 Å². The summed E-state index contributed by atoms with van der Waals surface area (Å²) in [5.74, 6) is -0.142. The van der Waals surface area contributed by atoms with Crippen molar-refractivity contribution >= 4 is 17.3 Å². The lowest BCUT2D eigenvalue weighted by Gasteiger charge is -2.23. The number of carbonyl (C=O) groups is 1. The lowest BCUT2D eigenvalue weighted by molar-refractivity contribution is 0.0838. The summed E-state index contributed by atoms with van der Waals surface area (Å²) in [5.41, 5.74) is 7.07. The van der Waals surface area contributed by atoms with Crippen LogP contribution >= 0.6 is 0 Å². The number of nitrogens with zero attached hydrogens (tertiary/aromatic N) is 1. The molecule has 98 valence electrons. The van der Waals surface area contributed by atoms with Crippen LogP contribution in [0.1, 0.15) is 23.7 Å². The lowest BCUT2D eigenvalue weighted by Crippen LogP contribution is -2.31. The summed E-state index contributed by atoms with van der Waals surface area (Å²) < 4.78 is 0. The smallest absolute Gasteiger partial charge is 0.253 e. The number of hydrogen-bond donors (Lipinski definition) is 3. The van der Waals surface area contributed by atoms with Crippen molar-refractivity contribution in [2.75, 3.05) is 30.8 Å². The van der Waals surface area contributed by atoms with Crippen LogP contribution in [0, 0.1) is 0 Å². The maximum atomic E-state index is 11.8. The van der Waals surface area contributed by atoms with Gasteiger partial charge < -0.3 is 21.1 Å². The molecule has 0 bridgehead atoms. The van der Waals surface area contributed by atoms with Gasteiger partial charge in [-0.1, -0.05) is 0 Å². The van der Waals surface area contributed by atoms with E-state index in [-0.39, 0.29) is 5.91 Å². The number of rotatable bonds is 2. The molecule has 1 heterocycles. The van der Waals surface area contributed by atoms with Crippen molar-refractivity contribution in [3.05, 3.63) is 23.8 Å². The molecule has 1 fully saturated rings. The Kier molecular flexibility index (Phi) is 3.17. The van der Waals surface area contributed by atoms with Crippen molar-refractivity contribution in [1.29, 1.82) is 0 Å². The SMILES string of the molecule is CNC(=O)c1ccc(N)cc1N1CCC(C)(O)C1. The van der Waals surface area contributed by atoms with Crippen LogP contribution < -0.4 is 16.0 Å². The van der Waals surface area contributed by atoms with Crippen LogP contribution in [-0.2, 0) is 0 Å². The number of hydrogen-bond acceptors (Lipinski definition) is 4. The molecule has 5 heteroatoms. The first-order valence-electron chi connectivity index (χ1n) is 6.02. The summed E-state index contributed by atoms with van der Waals surface area (Å²) >= 11 is 0. The van der Waals surface area contributed by atoms with E-state index < -0.39 is 5.60 Å². The van der Waals surface area contributed by atoms with Gasteiger partial charge >= 0.3 is 0 Å². The van der Waals surface area contributed by atoms with Crippen molar-refractivity contribution in [2.45, 2.75) is 18.9 Å². The second-order valence-electron chi connectivity index (χ2n) is 5.02. The first-order valence-corrected chi connectivity index (χ1v) is 6.02. The highest BCUT2D eigenvalue weighted by Gasteiger charge is 2.32. The van der Waals surface area contributed by atoms with Gasteiger partial charge in [0.25, 0.3) is 5.91 Å².